The van der Waals surface area contributed by atoms with Gasteiger partial charge in [0.05, 0.1) is 34.6 Å². The maximum atomic E-state index is 12.4. The quantitative estimate of drug-likeness (QED) is 0.303. The molecule has 3 aromatic rings. The molecule has 2 amide bonds. The maximum Gasteiger partial charge on any atom is 0.338 e. The summed E-state index contributed by atoms with van der Waals surface area (Å²) in [6.07, 6.45) is 0.347. The molecule has 2 heterocycles. The van der Waals surface area contributed by atoms with E-state index in [-0.39, 0.29) is 31.6 Å². The van der Waals surface area contributed by atoms with Crippen LogP contribution >= 0.6 is 0 Å². The lowest BCUT2D eigenvalue weighted by atomic mass is 10.1. The van der Waals surface area contributed by atoms with Gasteiger partial charge in [0.1, 0.15) is 18.1 Å². The standard InChI is InChI=1S/C24H22N2O6/c1-15-21(16(2)32-25-15)14-31-18-8-5-7-17(13-18)24(29)30-12-6-11-26-22(27)19-9-3-4-10-20(19)23(26)28/h3-5,7-10,13H,6,11-12,14H2,1-2H3. The van der Waals surface area contributed by atoms with Crippen LogP contribution in [0.4, 0.5) is 0 Å². The van der Waals surface area contributed by atoms with Gasteiger partial charge in [-0.05, 0) is 50.6 Å². The average Bonchev–Trinajstić information content (AvgIpc) is 3.25. The molecule has 0 radical (unpaired) electrons. The fourth-order valence-corrected chi connectivity index (χ4v) is 3.49. The summed E-state index contributed by atoms with van der Waals surface area (Å²) in [6.45, 7) is 4.19. The van der Waals surface area contributed by atoms with Gasteiger partial charge < -0.3 is 14.0 Å². The zero-order chi connectivity index (χ0) is 22.7. The Morgan fingerprint density at radius 1 is 1.03 bits per heavy atom. The van der Waals surface area contributed by atoms with Gasteiger partial charge in [0, 0.05) is 6.54 Å². The fourth-order valence-electron chi connectivity index (χ4n) is 3.49. The molecule has 0 fully saturated rings. The molecule has 0 N–H and O–H groups in total. The number of carbonyl (C=O) groups excluding carboxylic acids is 3. The van der Waals surface area contributed by atoms with Crippen molar-refractivity contribution in [3.63, 3.8) is 0 Å². The van der Waals surface area contributed by atoms with E-state index in [4.69, 9.17) is 14.0 Å². The lowest BCUT2D eigenvalue weighted by Gasteiger charge is -2.13. The van der Waals surface area contributed by atoms with Crippen LogP contribution in [0.15, 0.2) is 53.1 Å². The molecule has 1 aromatic heterocycles. The molecule has 0 saturated heterocycles. The molecule has 1 aliphatic heterocycles. The maximum absolute atomic E-state index is 12.4. The van der Waals surface area contributed by atoms with Gasteiger partial charge in [-0.15, -0.1) is 0 Å². The molecular weight excluding hydrogens is 412 g/mol. The van der Waals surface area contributed by atoms with E-state index in [1.165, 1.54) is 4.90 Å². The Hall–Kier alpha value is -3.94. The minimum Gasteiger partial charge on any atom is -0.489 e. The highest BCUT2D eigenvalue weighted by molar-refractivity contribution is 6.21. The SMILES string of the molecule is Cc1noc(C)c1COc1cccc(C(=O)OCCCN2C(=O)c3ccccc3C2=O)c1. The number of fused-ring (bicyclic) bond motifs is 1. The fraction of sp³-hybridized carbons (Fsp3) is 0.250. The van der Waals surface area contributed by atoms with Crippen molar-refractivity contribution in [1.29, 1.82) is 0 Å². The van der Waals surface area contributed by atoms with Gasteiger partial charge >= 0.3 is 5.97 Å². The minimum absolute atomic E-state index is 0.0798. The lowest BCUT2D eigenvalue weighted by Crippen LogP contribution is -2.31. The number of rotatable bonds is 8. The van der Waals surface area contributed by atoms with Gasteiger partial charge in [-0.1, -0.05) is 23.4 Å². The molecule has 2 aromatic carbocycles. The molecule has 8 nitrogen and oxygen atoms in total. The second-order valence-corrected chi connectivity index (χ2v) is 7.42. The average molecular weight is 434 g/mol. The van der Waals surface area contributed by atoms with Crippen LogP contribution < -0.4 is 4.74 Å². The van der Waals surface area contributed by atoms with Gasteiger partial charge in [-0.25, -0.2) is 4.79 Å². The number of aryl methyl sites for hydroxylation is 2. The Labute approximate surface area is 184 Å². The molecule has 32 heavy (non-hydrogen) atoms. The monoisotopic (exact) mass is 434 g/mol. The largest absolute Gasteiger partial charge is 0.489 e. The van der Waals surface area contributed by atoms with Crippen LogP contribution in [0.25, 0.3) is 0 Å². The highest BCUT2D eigenvalue weighted by atomic mass is 16.5. The van der Waals surface area contributed by atoms with E-state index in [0.29, 0.717) is 34.6 Å². The second-order valence-electron chi connectivity index (χ2n) is 7.42. The lowest BCUT2D eigenvalue weighted by molar-refractivity contribution is 0.0482. The Bertz CT molecular complexity index is 1130. The van der Waals surface area contributed by atoms with E-state index in [2.05, 4.69) is 5.16 Å². The Balaban J connectivity index is 1.27. The number of aromatic nitrogens is 1. The molecule has 0 saturated carbocycles. The summed E-state index contributed by atoms with van der Waals surface area (Å²) in [6, 6.07) is 13.4. The van der Waals surface area contributed by atoms with E-state index in [0.717, 1.165) is 11.3 Å². The predicted octanol–water partition coefficient (Wildman–Crippen LogP) is 3.71. The first-order valence-electron chi connectivity index (χ1n) is 10.2. The number of imide groups is 1. The van der Waals surface area contributed by atoms with Crippen molar-refractivity contribution in [1.82, 2.24) is 10.1 Å². The Kier molecular flexibility index (Phi) is 6.02. The summed E-state index contributed by atoms with van der Waals surface area (Å²) in [5, 5.41) is 3.89. The number of amides is 2. The van der Waals surface area contributed by atoms with Crippen molar-refractivity contribution in [3.05, 3.63) is 82.2 Å². The smallest absolute Gasteiger partial charge is 0.338 e. The molecule has 1 aliphatic rings. The third-order valence-corrected chi connectivity index (χ3v) is 5.27. The number of hydrogen-bond donors (Lipinski definition) is 0. The van der Waals surface area contributed by atoms with E-state index in [9.17, 15) is 14.4 Å². The van der Waals surface area contributed by atoms with Crippen molar-refractivity contribution in [2.45, 2.75) is 26.9 Å². The molecule has 164 valence electrons. The summed E-state index contributed by atoms with van der Waals surface area (Å²) in [5.41, 5.74) is 2.79. The number of benzene rings is 2. The van der Waals surface area contributed by atoms with Gasteiger partial charge in [-0.2, -0.15) is 0 Å². The van der Waals surface area contributed by atoms with Crippen LogP contribution in [0, 0.1) is 13.8 Å². The zero-order valence-corrected chi connectivity index (χ0v) is 17.8. The summed E-state index contributed by atoms with van der Waals surface area (Å²) < 4.78 is 16.2. The van der Waals surface area contributed by atoms with E-state index >= 15 is 0 Å². The summed E-state index contributed by atoms with van der Waals surface area (Å²) >= 11 is 0. The molecule has 0 aliphatic carbocycles. The summed E-state index contributed by atoms with van der Waals surface area (Å²) in [4.78, 5) is 38.3. The van der Waals surface area contributed by atoms with Crippen molar-refractivity contribution >= 4 is 17.8 Å². The third kappa shape index (κ3) is 4.25. The van der Waals surface area contributed by atoms with Crippen molar-refractivity contribution < 1.29 is 28.4 Å². The summed E-state index contributed by atoms with van der Waals surface area (Å²) in [5.74, 6) is 0.0666. The number of carbonyl (C=O) groups is 3. The molecule has 0 atom stereocenters. The zero-order valence-electron chi connectivity index (χ0n) is 17.8. The first kappa shape index (κ1) is 21.3. The van der Waals surface area contributed by atoms with E-state index < -0.39 is 5.97 Å². The van der Waals surface area contributed by atoms with E-state index in [1.807, 2.05) is 13.8 Å². The van der Waals surface area contributed by atoms with Crippen LogP contribution in [0.3, 0.4) is 0 Å². The second kappa shape index (κ2) is 9.05. The van der Waals surface area contributed by atoms with Gasteiger partial charge in [-0.3, -0.25) is 14.5 Å². The highest BCUT2D eigenvalue weighted by Gasteiger charge is 2.34. The highest BCUT2D eigenvalue weighted by Crippen LogP contribution is 2.23. The molecule has 4 rings (SSSR count). The Morgan fingerprint density at radius 3 is 2.41 bits per heavy atom. The summed E-state index contributed by atoms with van der Waals surface area (Å²) in [7, 11) is 0. The number of esters is 1. The normalized spacial score (nSPS) is 12.8. The van der Waals surface area contributed by atoms with Crippen molar-refractivity contribution in [2.75, 3.05) is 13.2 Å². The molecule has 8 heteroatoms. The van der Waals surface area contributed by atoms with Crippen LogP contribution in [-0.4, -0.2) is 41.0 Å². The first-order valence-corrected chi connectivity index (χ1v) is 10.2. The van der Waals surface area contributed by atoms with Gasteiger partial charge in [0.15, 0.2) is 0 Å². The van der Waals surface area contributed by atoms with Crippen LogP contribution in [0.2, 0.25) is 0 Å². The Morgan fingerprint density at radius 2 is 1.75 bits per heavy atom. The number of ether oxygens (including phenoxy) is 2. The minimum atomic E-state index is -0.504. The van der Waals surface area contributed by atoms with Crippen LogP contribution in [0.1, 0.15) is 54.5 Å². The number of nitrogens with zero attached hydrogens (tertiary/aromatic N) is 2. The topological polar surface area (TPSA) is 98.9 Å². The van der Waals surface area contributed by atoms with E-state index in [1.54, 1.807) is 48.5 Å². The first-order chi connectivity index (χ1) is 15.5. The van der Waals surface area contributed by atoms with Crippen LogP contribution in [0.5, 0.6) is 5.75 Å². The van der Waals surface area contributed by atoms with Crippen molar-refractivity contribution in [3.8, 4) is 5.75 Å². The molecule has 0 bridgehead atoms. The van der Waals surface area contributed by atoms with Crippen LogP contribution in [-0.2, 0) is 11.3 Å². The predicted molar refractivity (Wildman–Crippen MR) is 113 cm³/mol. The molecular formula is C24H22N2O6. The molecule has 0 spiro atoms. The number of hydrogen-bond acceptors (Lipinski definition) is 7. The molecule has 0 unspecified atom stereocenters. The van der Waals surface area contributed by atoms with Gasteiger partial charge in [0.2, 0.25) is 0 Å². The van der Waals surface area contributed by atoms with Crippen molar-refractivity contribution in [2.24, 2.45) is 0 Å². The van der Waals surface area contributed by atoms with Gasteiger partial charge in [0.25, 0.3) is 11.8 Å². The third-order valence-electron chi connectivity index (χ3n) is 5.27.